The van der Waals surface area contributed by atoms with Gasteiger partial charge in [-0.05, 0) is 0 Å². The van der Waals surface area contributed by atoms with E-state index in [1.165, 1.54) is 7.05 Å². The van der Waals surface area contributed by atoms with Crippen LogP contribution >= 0.6 is 0 Å². The molecular formula is C12H11F5N2O3. The van der Waals surface area contributed by atoms with E-state index in [9.17, 15) is 26.7 Å². The molecule has 0 fully saturated rings. The third-order valence-corrected chi connectivity index (χ3v) is 2.53. The van der Waals surface area contributed by atoms with E-state index in [0.29, 0.717) is 6.07 Å². The van der Waals surface area contributed by atoms with Gasteiger partial charge in [0, 0.05) is 19.2 Å². The standard InChI is InChI=1S/C10H10F2N2O2.C2HF3O/c1-14-9-6(12)2-5(11)3-8(9)16-4-7(13)10(14)15;3-2(4,5)1-6/h2-3,7H,4,13H2,1H3;1H/t7-;/m0./s1. The molecule has 0 unspecified atom stereocenters. The van der Waals surface area contributed by atoms with Crippen molar-refractivity contribution in [2.24, 2.45) is 5.73 Å². The molecule has 1 heterocycles. The van der Waals surface area contributed by atoms with E-state index in [-0.39, 0.29) is 18.0 Å². The highest BCUT2D eigenvalue weighted by atomic mass is 19.4. The maximum atomic E-state index is 13.5. The van der Waals surface area contributed by atoms with Crippen LogP contribution in [-0.4, -0.2) is 38.1 Å². The molecule has 0 saturated carbocycles. The third kappa shape index (κ3) is 4.38. The number of carbonyl (C=O) groups is 2. The Morgan fingerprint density at radius 1 is 1.36 bits per heavy atom. The lowest BCUT2D eigenvalue weighted by Crippen LogP contribution is -2.43. The van der Waals surface area contributed by atoms with Crippen LogP contribution in [0.1, 0.15) is 0 Å². The fourth-order valence-corrected chi connectivity index (χ4v) is 1.59. The molecule has 1 aliphatic rings. The van der Waals surface area contributed by atoms with Gasteiger partial charge in [-0.15, -0.1) is 0 Å². The lowest BCUT2D eigenvalue weighted by Gasteiger charge is -2.18. The summed E-state index contributed by atoms with van der Waals surface area (Å²) in [6.07, 6.45) is -5.70. The summed E-state index contributed by atoms with van der Waals surface area (Å²) in [6.45, 7) is -0.0981. The van der Waals surface area contributed by atoms with Crippen molar-refractivity contribution >= 4 is 17.9 Å². The van der Waals surface area contributed by atoms with E-state index in [1.54, 1.807) is 0 Å². The molecule has 2 N–H and O–H groups in total. The minimum absolute atomic E-state index is 0.0127. The van der Waals surface area contributed by atoms with Gasteiger partial charge in [-0.3, -0.25) is 9.59 Å². The summed E-state index contributed by atoms with van der Waals surface area (Å²) in [7, 11) is 1.37. The number of halogens is 5. The number of amides is 1. The van der Waals surface area contributed by atoms with Gasteiger partial charge in [0.1, 0.15) is 29.9 Å². The monoisotopic (exact) mass is 326 g/mol. The number of nitrogens with zero attached hydrogens (tertiary/aromatic N) is 1. The summed E-state index contributed by atoms with van der Waals surface area (Å²) in [5, 5.41) is 0. The fourth-order valence-electron chi connectivity index (χ4n) is 1.59. The van der Waals surface area contributed by atoms with Crippen molar-refractivity contribution in [3.05, 3.63) is 23.8 Å². The van der Waals surface area contributed by atoms with Gasteiger partial charge in [0.15, 0.2) is 5.82 Å². The molecule has 5 nitrogen and oxygen atoms in total. The van der Waals surface area contributed by atoms with Crippen LogP contribution in [0, 0.1) is 11.6 Å². The van der Waals surface area contributed by atoms with E-state index in [2.05, 4.69) is 0 Å². The second-order valence-corrected chi connectivity index (χ2v) is 4.21. The largest absolute Gasteiger partial charge is 0.489 e. The van der Waals surface area contributed by atoms with Crippen molar-refractivity contribution in [3.63, 3.8) is 0 Å². The first-order valence-electron chi connectivity index (χ1n) is 5.75. The molecule has 0 aromatic heterocycles. The molecule has 122 valence electrons. The summed E-state index contributed by atoms with van der Waals surface area (Å²) in [5.41, 5.74) is 5.42. The molecule has 22 heavy (non-hydrogen) atoms. The number of ether oxygens (including phenoxy) is 1. The van der Waals surface area contributed by atoms with Crippen molar-refractivity contribution in [3.8, 4) is 5.75 Å². The topological polar surface area (TPSA) is 72.6 Å². The van der Waals surface area contributed by atoms with Crippen LogP contribution in [0.3, 0.4) is 0 Å². The van der Waals surface area contributed by atoms with Gasteiger partial charge in [-0.2, -0.15) is 13.2 Å². The average Bonchev–Trinajstić information content (AvgIpc) is 2.51. The van der Waals surface area contributed by atoms with Crippen molar-refractivity contribution in [1.82, 2.24) is 0 Å². The highest BCUT2D eigenvalue weighted by molar-refractivity contribution is 5.98. The Balaban J connectivity index is 0.000000346. The number of alkyl halides is 3. The van der Waals surface area contributed by atoms with Crippen LogP contribution in [0.4, 0.5) is 27.6 Å². The Hall–Kier alpha value is -2.23. The molecule has 0 aliphatic carbocycles. The molecule has 0 saturated heterocycles. The van der Waals surface area contributed by atoms with Crippen molar-refractivity contribution < 1.29 is 36.3 Å². The molecular weight excluding hydrogens is 315 g/mol. The van der Waals surface area contributed by atoms with Crippen LogP contribution < -0.4 is 15.4 Å². The van der Waals surface area contributed by atoms with Crippen LogP contribution in [0.5, 0.6) is 5.75 Å². The Labute approximate surface area is 121 Å². The number of benzene rings is 1. The van der Waals surface area contributed by atoms with Gasteiger partial charge in [-0.25, -0.2) is 8.78 Å². The van der Waals surface area contributed by atoms with E-state index in [0.717, 1.165) is 11.0 Å². The molecule has 1 aromatic rings. The van der Waals surface area contributed by atoms with E-state index in [1.807, 2.05) is 0 Å². The molecule has 0 radical (unpaired) electrons. The number of hydrogen-bond donors (Lipinski definition) is 1. The number of rotatable bonds is 0. The molecule has 1 aromatic carbocycles. The number of anilines is 1. The van der Waals surface area contributed by atoms with Gasteiger partial charge in [-0.1, -0.05) is 0 Å². The number of fused-ring (bicyclic) bond motifs is 1. The first-order valence-corrected chi connectivity index (χ1v) is 5.75. The highest BCUT2D eigenvalue weighted by Crippen LogP contribution is 2.33. The molecule has 2 rings (SSSR count). The normalized spacial score (nSPS) is 17.7. The SMILES string of the molecule is CN1C(=O)[C@@H](N)COc2cc(F)cc(F)c21.O=CC(F)(F)F. The Morgan fingerprint density at radius 3 is 2.41 bits per heavy atom. The lowest BCUT2D eigenvalue weighted by atomic mass is 10.2. The minimum Gasteiger partial charge on any atom is -0.489 e. The van der Waals surface area contributed by atoms with Crippen LogP contribution in [-0.2, 0) is 9.59 Å². The fraction of sp³-hybridized carbons (Fsp3) is 0.333. The zero-order chi connectivity index (χ0) is 17.1. The Morgan fingerprint density at radius 2 is 1.91 bits per heavy atom. The van der Waals surface area contributed by atoms with Crippen LogP contribution in [0.2, 0.25) is 0 Å². The first kappa shape index (κ1) is 17.8. The van der Waals surface area contributed by atoms with Gasteiger partial charge < -0.3 is 15.4 Å². The molecule has 0 spiro atoms. The van der Waals surface area contributed by atoms with Crippen molar-refractivity contribution in [1.29, 1.82) is 0 Å². The number of aldehydes is 1. The molecule has 1 atom stereocenters. The van der Waals surface area contributed by atoms with Gasteiger partial charge in [0.2, 0.25) is 12.2 Å². The second-order valence-electron chi connectivity index (χ2n) is 4.21. The van der Waals surface area contributed by atoms with Gasteiger partial charge in [0.25, 0.3) is 0 Å². The van der Waals surface area contributed by atoms with Gasteiger partial charge in [0.05, 0.1) is 0 Å². The summed E-state index contributed by atoms with van der Waals surface area (Å²) >= 11 is 0. The maximum Gasteiger partial charge on any atom is 0.446 e. The predicted octanol–water partition coefficient (Wildman–Crippen LogP) is 1.39. The first-order chi connectivity index (χ1) is 10.1. The summed E-state index contributed by atoms with van der Waals surface area (Å²) in [6, 6.07) is 0.850. The van der Waals surface area contributed by atoms with Crippen molar-refractivity contribution in [2.75, 3.05) is 18.6 Å². The summed E-state index contributed by atoms with van der Waals surface area (Å²) < 4.78 is 62.8. The smallest absolute Gasteiger partial charge is 0.446 e. The third-order valence-electron chi connectivity index (χ3n) is 2.53. The average molecular weight is 326 g/mol. The van der Waals surface area contributed by atoms with Crippen LogP contribution in [0.15, 0.2) is 12.1 Å². The summed E-state index contributed by atoms with van der Waals surface area (Å²) in [4.78, 5) is 21.4. The lowest BCUT2D eigenvalue weighted by molar-refractivity contribution is -0.156. The number of carbonyl (C=O) groups excluding carboxylic acids is 2. The quantitative estimate of drug-likeness (QED) is 0.578. The number of hydrogen-bond acceptors (Lipinski definition) is 4. The van der Waals surface area contributed by atoms with Crippen LogP contribution in [0.25, 0.3) is 0 Å². The molecule has 0 bridgehead atoms. The maximum absolute atomic E-state index is 13.5. The zero-order valence-corrected chi connectivity index (χ0v) is 11.2. The van der Waals surface area contributed by atoms with Gasteiger partial charge >= 0.3 is 6.18 Å². The molecule has 10 heteroatoms. The van der Waals surface area contributed by atoms with E-state index >= 15 is 0 Å². The van der Waals surface area contributed by atoms with E-state index < -0.39 is 36.0 Å². The number of likely N-dealkylation sites (N-methyl/N-ethyl adjacent to an activating group) is 1. The second kappa shape index (κ2) is 6.69. The Kier molecular flexibility index (Phi) is 5.42. The minimum atomic E-state index is -4.64. The Bertz CT molecular complexity index is 577. The highest BCUT2D eigenvalue weighted by Gasteiger charge is 2.29. The molecule has 1 amide bonds. The summed E-state index contributed by atoms with van der Waals surface area (Å²) in [5.74, 6) is -2.09. The zero-order valence-electron chi connectivity index (χ0n) is 11.2. The van der Waals surface area contributed by atoms with E-state index in [4.69, 9.17) is 15.3 Å². The predicted molar refractivity (Wildman–Crippen MR) is 65.4 cm³/mol. The van der Waals surface area contributed by atoms with Crippen molar-refractivity contribution in [2.45, 2.75) is 12.2 Å². The number of nitrogens with two attached hydrogens (primary N) is 1. The molecule has 1 aliphatic heterocycles.